The first-order valence-corrected chi connectivity index (χ1v) is 9.59. The zero-order valence-corrected chi connectivity index (χ0v) is 15.5. The molecule has 0 radical (unpaired) electrons. The molecule has 0 aromatic heterocycles. The van der Waals surface area contributed by atoms with E-state index in [9.17, 15) is 0 Å². The van der Waals surface area contributed by atoms with Crippen molar-refractivity contribution in [2.45, 2.75) is 64.0 Å². The quantitative estimate of drug-likeness (QED) is 0.407. The second kappa shape index (κ2) is 10.1. The van der Waals surface area contributed by atoms with Crippen LogP contribution in [0.25, 0.3) is 0 Å². The Kier molecular flexibility index (Phi) is 8.17. The smallest absolute Gasteiger partial charge is 0.191 e. The Morgan fingerprint density at radius 2 is 1.87 bits per heavy atom. The summed E-state index contributed by atoms with van der Waals surface area (Å²) in [5.74, 6) is 0.942. The first kappa shape index (κ1) is 18.5. The minimum Gasteiger partial charge on any atom is -0.356 e. The van der Waals surface area contributed by atoms with Gasteiger partial charge in [0.25, 0.3) is 0 Å². The van der Waals surface area contributed by atoms with E-state index in [2.05, 4.69) is 39.4 Å². The van der Waals surface area contributed by atoms with Gasteiger partial charge in [-0.25, -0.2) is 0 Å². The second-order valence-corrected chi connectivity index (χ2v) is 7.23. The van der Waals surface area contributed by atoms with E-state index in [1.807, 2.05) is 7.05 Å². The van der Waals surface area contributed by atoms with Gasteiger partial charge in [-0.1, -0.05) is 12.8 Å². The van der Waals surface area contributed by atoms with Gasteiger partial charge in [-0.05, 0) is 65.7 Å². The molecule has 1 atom stereocenters. The molecular weight excluding hydrogens is 286 g/mol. The van der Waals surface area contributed by atoms with Crippen molar-refractivity contribution in [1.29, 1.82) is 0 Å². The lowest BCUT2D eigenvalue weighted by molar-refractivity contribution is 0.247. The lowest BCUT2D eigenvalue weighted by Crippen LogP contribution is -2.45. The fraction of sp³-hybridized carbons (Fsp3) is 0.944. The van der Waals surface area contributed by atoms with E-state index in [0.29, 0.717) is 6.04 Å². The fourth-order valence-electron chi connectivity index (χ4n) is 3.32. The van der Waals surface area contributed by atoms with Crippen molar-refractivity contribution in [2.75, 3.05) is 46.8 Å². The van der Waals surface area contributed by atoms with Crippen molar-refractivity contribution >= 4 is 5.96 Å². The number of hydrogen-bond donors (Lipinski definition) is 2. The molecule has 0 spiro atoms. The van der Waals surface area contributed by atoms with Gasteiger partial charge in [-0.15, -0.1) is 0 Å². The van der Waals surface area contributed by atoms with E-state index in [0.717, 1.165) is 25.1 Å². The fourth-order valence-corrected chi connectivity index (χ4v) is 3.32. The number of hydrogen-bond acceptors (Lipinski definition) is 3. The average Bonchev–Trinajstić information content (AvgIpc) is 3.40. The molecule has 2 rings (SSSR count). The molecule has 0 aromatic rings. The Bertz CT molecular complexity index is 345. The second-order valence-electron chi connectivity index (χ2n) is 7.23. The summed E-state index contributed by atoms with van der Waals surface area (Å²) in [7, 11) is 4.10. The highest BCUT2D eigenvalue weighted by Crippen LogP contribution is 2.26. The largest absolute Gasteiger partial charge is 0.356 e. The van der Waals surface area contributed by atoms with Crippen LogP contribution in [0.4, 0.5) is 0 Å². The van der Waals surface area contributed by atoms with Crippen LogP contribution in [0.1, 0.15) is 51.9 Å². The van der Waals surface area contributed by atoms with E-state index in [-0.39, 0.29) is 0 Å². The average molecular weight is 324 g/mol. The minimum atomic E-state index is 0.554. The molecule has 2 fully saturated rings. The first-order valence-electron chi connectivity index (χ1n) is 9.59. The molecule has 1 unspecified atom stereocenters. The summed E-state index contributed by atoms with van der Waals surface area (Å²) in [5, 5.41) is 6.92. The summed E-state index contributed by atoms with van der Waals surface area (Å²) in [4.78, 5) is 9.45. The molecule has 2 N–H and O–H groups in total. The molecule has 23 heavy (non-hydrogen) atoms. The maximum atomic E-state index is 4.34. The maximum absolute atomic E-state index is 4.34. The molecule has 134 valence electrons. The summed E-state index contributed by atoms with van der Waals surface area (Å²) in [5.41, 5.74) is 0. The van der Waals surface area contributed by atoms with Crippen molar-refractivity contribution in [3.8, 4) is 0 Å². The third-order valence-corrected chi connectivity index (χ3v) is 5.25. The highest BCUT2D eigenvalue weighted by atomic mass is 15.2. The van der Waals surface area contributed by atoms with Gasteiger partial charge < -0.3 is 15.5 Å². The van der Waals surface area contributed by atoms with Gasteiger partial charge in [0.05, 0.1) is 0 Å². The molecular formula is C18H37N5. The number of aliphatic imine (C=N–C) groups is 1. The van der Waals surface area contributed by atoms with Gasteiger partial charge in [0, 0.05) is 32.2 Å². The third kappa shape index (κ3) is 7.08. The van der Waals surface area contributed by atoms with E-state index >= 15 is 0 Å². The summed E-state index contributed by atoms with van der Waals surface area (Å²) in [6.07, 6.45) is 9.51. The SMILES string of the molecule is CN=C(NCCCN1CCCCCC1)NCC(C)N(C)C1CC1. The monoisotopic (exact) mass is 323 g/mol. The summed E-state index contributed by atoms with van der Waals surface area (Å²) in [6, 6.07) is 1.37. The normalized spacial score (nSPS) is 22.0. The van der Waals surface area contributed by atoms with Gasteiger partial charge in [0.15, 0.2) is 5.96 Å². The lowest BCUT2D eigenvalue weighted by atomic mass is 10.2. The van der Waals surface area contributed by atoms with Crippen LogP contribution >= 0.6 is 0 Å². The summed E-state index contributed by atoms with van der Waals surface area (Å²) >= 11 is 0. The highest BCUT2D eigenvalue weighted by Gasteiger charge is 2.28. The van der Waals surface area contributed by atoms with E-state index in [4.69, 9.17) is 0 Å². The molecule has 1 aliphatic heterocycles. The van der Waals surface area contributed by atoms with Crippen molar-refractivity contribution in [3.63, 3.8) is 0 Å². The third-order valence-electron chi connectivity index (χ3n) is 5.25. The Labute approximate surface area is 142 Å². The number of guanidine groups is 1. The van der Waals surface area contributed by atoms with Crippen LogP contribution in [0.3, 0.4) is 0 Å². The Balaban J connectivity index is 1.55. The predicted octanol–water partition coefficient (Wildman–Crippen LogP) is 1.90. The number of nitrogens with zero attached hydrogens (tertiary/aromatic N) is 3. The molecule has 2 aliphatic rings. The van der Waals surface area contributed by atoms with Gasteiger partial charge in [0.1, 0.15) is 0 Å². The number of nitrogens with one attached hydrogen (secondary N) is 2. The Hall–Kier alpha value is -0.810. The van der Waals surface area contributed by atoms with E-state index < -0.39 is 0 Å². The zero-order chi connectivity index (χ0) is 16.5. The van der Waals surface area contributed by atoms with Crippen LogP contribution in [0.2, 0.25) is 0 Å². The van der Waals surface area contributed by atoms with E-state index in [1.54, 1.807) is 0 Å². The van der Waals surface area contributed by atoms with E-state index in [1.165, 1.54) is 64.6 Å². The number of likely N-dealkylation sites (tertiary alicyclic amines) is 1. The van der Waals surface area contributed by atoms with Gasteiger partial charge in [-0.2, -0.15) is 0 Å². The maximum Gasteiger partial charge on any atom is 0.191 e. The Morgan fingerprint density at radius 3 is 2.48 bits per heavy atom. The number of rotatable bonds is 8. The van der Waals surface area contributed by atoms with Crippen molar-refractivity contribution < 1.29 is 0 Å². The predicted molar refractivity (Wildman–Crippen MR) is 99.1 cm³/mol. The standard InChI is InChI=1S/C18H37N5/c1-16(22(3)17-9-10-17)15-21-18(19-2)20-11-8-14-23-12-6-4-5-7-13-23/h16-17H,4-15H2,1-3H3,(H2,19,20,21). The molecule has 5 nitrogen and oxygen atoms in total. The molecule has 0 amide bonds. The Morgan fingerprint density at radius 1 is 1.17 bits per heavy atom. The summed E-state index contributed by atoms with van der Waals surface area (Å²) < 4.78 is 0. The van der Waals surface area contributed by atoms with Crippen LogP contribution in [0.5, 0.6) is 0 Å². The molecule has 1 saturated carbocycles. The molecule has 1 saturated heterocycles. The van der Waals surface area contributed by atoms with Crippen LogP contribution in [-0.4, -0.2) is 74.7 Å². The van der Waals surface area contributed by atoms with Crippen molar-refractivity contribution in [1.82, 2.24) is 20.4 Å². The van der Waals surface area contributed by atoms with Gasteiger partial charge in [0.2, 0.25) is 0 Å². The molecule has 0 bridgehead atoms. The van der Waals surface area contributed by atoms with Crippen LogP contribution in [0.15, 0.2) is 4.99 Å². The molecule has 1 aliphatic carbocycles. The molecule has 0 aromatic carbocycles. The zero-order valence-electron chi connectivity index (χ0n) is 15.5. The minimum absolute atomic E-state index is 0.554. The first-order chi connectivity index (χ1) is 11.2. The molecule has 5 heteroatoms. The van der Waals surface area contributed by atoms with Crippen LogP contribution < -0.4 is 10.6 Å². The van der Waals surface area contributed by atoms with Crippen LogP contribution in [0, 0.1) is 0 Å². The van der Waals surface area contributed by atoms with Crippen LogP contribution in [-0.2, 0) is 0 Å². The van der Waals surface area contributed by atoms with Gasteiger partial charge >= 0.3 is 0 Å². The van der Waals surface area contributed by atoms with Gasteiger partial charge in [-0.3, -0.25) is 9.89 Å². The molecule has 1 heterocycles. The number of likely N-dealkylation sites (N-methyl/N-ethyl adjacent to an activating group) is 1. The lowest BCUT2D eigenvalue weighted by Gasteiger charge is -2.25. The topological polar surface area (TPSA) is 42.9 Å². The highest BCUT2D eigenvalue weighted by molar-refractivity contribution is 5.79. The summed E-state index contributed by atoms with van der Waals surface area (Å²) in [6.45, 7) is 8.04. The van der Waals surface area contributed by atoms with Crippen molar-refractivity contribution in [2.24, 2.45) is 4.99 Å². The van der Waals surface area contributed by atoms with Crippen molar-refractivity contribution in [3.05, 3.63) is 0 Å².